The molecule has 1 aliphatic heterocycles. The third-order valence-electron chi connectivity index (χ3n) is 5.21. The molecule has 7 heteroatoms. The highest BCUT2D eigenvalue weighted by molar-refractivity contribution is 8.00. The second-order valence-electron chi connectivity index (χ2n) is 8.14. The molecule has 3 atom stereocenters. The lowest BCUT2D eigenvalue weighted by atomic mass is 9.96. The summed E-state index contributed by atoms with van der Waals surface area (Å²) >= 11 is 1.63. The van der Waals surface area contributed by atoms with Crippen LogP contribution in [0.2, 0.25) is 0 Å². The molecular formula is C23H34N2O4S. The van der Waals surface area contributed by atoms with Gasteiger partial charge in [-0.1, -0.05) is 45.0 Å². The number of nitrogens with zero attached hydrogens (tertiary/aromatic N) is 1. The molecule has 2 rings (SSSR count). The number of hydrogen-bond donors (Lipinski definition) is 1. The molecule has 0 aromatic heterocycles. The van der Waals surface area contributed by atoms with Gasteiger partial charge in [-0.2, -0.15) is 0 Å². The zero-order valence-corrected chi connectivity index (χ0v) is 19.5. The number of esters is 1. The summed E-state index contributed by atoms with van der Waals surface area (Å²) in [7, 11) is 0. The lowest BCUT2D eigenvalue weighted by Crippen LogP contribution is -2.50. The predicted molar refractivity (Wildman–Crippen MR) is 120 cm³/mol. The van der Waals surface area contributed by atoms with Crippen molar-refractivity contribution in [3.8, 4) is 0 Å². The van der Waals surface area contributed by atoms with E-state index in [0.29, 0.717) is 18.3 Å². The van der Waals surface area contributed by atoms with Gasteiger partial charge in [-0.15, -0.1) is 11.8 Å². The van der Waals surface area contributed by atoms with Crippen LogP contribution in [-0.2, 0) is 25.5 Å². The highest BCUT2D eigenvalue weighted by Crippen LogP contribution is 2.38. The van der Waals surface area contributed by atoms with Gasteiger partial charge in [-0.25, -0.2) is 0 Å². The Balaban J connectivity index is 2.02. The maximum absolute atomic E-state index is 12.7. The van der Waals surface area contributed by atoms with Crippen molar-refractivity contribution < 1.29 is 19.1 Å². The zero-order valence-electron chi connectivity index (χ0n) is 18.6. The maximum atomic E-state index is 12.7. The molecule has 1 aliphatic rings. The van der Waals surface area contributed by atoms with Crippen LogP contribution in [-0.4, -0.2) is 53.0 Å². The molecule has 1 unspecified atom stereocenters. The minimum atomic E-state index is -0.526. The van der Waals surface area contributed by atoms with E-state index in [1.807, 2.05) is 0 Å². The highest BCUT2D eigenvalue weighted by atomic mass is 32.2. The molecule has 166 valence electrons. The van der Waals surface area contributed by atoms with E-state index >= 15 is 0 Å². The number of hydrogen-bond acceptors (Lipinski definition) is 5. The quantitative estimate of drug-likeness (QED) is 0.603. The monoisotopic (exact) mass is 434 g/mol. The first-order chi connectivity index (χ1) is 14.2. The first-order valence-corrected chi connectivity index (χ1v) is 11.7. The van der Waals surface area contributed by atoms with Crippen LogP contribution < -0.4 is 5.32 Å². The summed E-state index contributed by atoms with van der Waals surface area (Å²) in [4.78, 5) is 38.2. The van der Waals surface area contributed by atoms with Gasteiger partial charge < -0.3 is 15.0 Å². The van der Waals surface area contributed by atoms with Crippen molar-refractivity contribution in [2.45, 2.75) is 64.8 Å². The van der Waals surface area contributed by atoms with Gasteiger partial charge in [0.1, 0.15) is 6.04 Å². The highest BCUT2D eigenvalue weighted by Gasteiger charge is 2.42. The lowest BCUT2D eigenvalue weighted by molar-refractivity contribution is -0.143. The second-order valence-corrected chi connectivity index (χ2v) is 9.29. The van der Waals surface area contributed by atoms with Crippen LogP contribution in [0.5, 0.6) is 0 Å². The van der Waals surface area contributed by atoms with Crippen LogP contribution in [0.15, 0.2) is 24.3 Å². The van der Waals surface area contributed by atoms with E-state index in [4.69, 9.17) is 4.74 Å². The van der Waals surface area contributed by atoms with E-state index < -0.39 is 6.04 Å². The van der Waals surface area contributed by atoms with Crippen LogP contribution in [0.3, 0.4) is 0 Å². The predicted octanol–water partition coefficient (Wildman–Crippen LogP) is 3.35. The molecule has 0 spiro atoms. The minimum absolute atomic E-state index is 0.0979. The Morgan fingerprint density at radius 3 is 2.43 bits per heavy atom. The normalized spacial score (nSPS) is 19.6. The minimum Gasteiger partial charge on any atom is -0.466 e. The molecule has 30 heavy (non-hydrogen) atoms. The third-order valence-corrected chi connectivity index (χ3v) is 6.70. The second kappa shape index (κ2) is 11.4. The zero-order chi connectivity index (χ0) is 22.3. The summed E-state index contributed by atoms with van der Waals surface area (Å²) in [6.07, 6.45) is 1.17. The summed E-state index contributed by atoms with van der Waals surface area (Å²) in [5.41, 5.74) is 2.47. The Hall–Kier alpha value is -2.02. The van der Waals surface area contributed by atoms with Crippen LogP contribution >= 0.6 is 11.8 Å². The molecule has 0 aliphatic carbocycles. The van der Waals surface area contributed by atoms with Gasteiger partial charge in [-0.05, 0) is 30.4 Å². The fourth-order valence-electron chi connectivity index (χ4n) is 3.75. The molecule has 1 heterocycles. The fraction of sp³-hybridized carbons (Fsp3) is 0.609. The molecule has 1 aromatic carbocycles. The Morgan fingerprint density at radius 1 is 1.20 bits per heavy atom. The van der Waals surface area contributed by atoms with Crippen molar-refractivity contribution in [1.29, 1.82) is 0 Å². The van der Waals surface area contributed by atoms with E-state index in [-0.39, 0.29) is 42.0 Å². The Kier molecular flexibility index (Phi) is 9.21. The molecule has 0 bridgehead atoms. The van der Waals surface area contributed by atoms with Gasteiger partial charge in [-0.3, -0.25) is 14.4 Å². The number of nitrogens with one attached hydrogen (secondary N) is 1. The van der Waals surface area contributed by atoms with E-state index in [2.05, 4.69) is 50.4 Å². The van der Waals surface area contributed by atoms with Gasteiger partial charge in [0.25, 0.3) is 0 Å². The van der Waals surface area contributed by atoms with Crippen molar-refractivity contribution in [3.63, 3.8) is 0 Å². The number of amides is 2. The van der Waals surface area contributed by atoms with Crippen molar-refractivity contribution in [1.82, 2.24) is 10.2 Å². The van der Waals surface area contributed by atoms with Crippen LogP contribution in [0.4, 0.5) is 0 Å². The van der Waals surface area contributed by atoms with Gasteiger partial charge in [0.2, 0.25) is 11.8 Å². The van der Waals surface area contributed by atoms with E-state index in [9.17, 15) is 14.4 Å². The molecule has 6 nitrogen and oxygen atoms in total. The summed E-state index contributed by atoms with van der Waals surface area (Å²) in [6.45, 7) is 10.3. The average Bonchev–Trinajstić information content (AvgIpc) is 3.13. The Morgan fingerprint density at radius 2 is 1.87 bits per heavy atom. The fourth-order valence-corrected chi connectivity index (χ4v) is 5.34. The molecule has 1 aromatic rings. The standard InChI is InChI=1S/C23H34N2O4S/c1-6-29-21(27)11-12-24-22(28)20-14-30-23(25(20)17(5)26)16(4)19-9-7-18(8-10-19)13-15(2)3/h7-10,15-16,20,23H,6,11-14H2,1-5H3,(H,24,28)/t16-,20-,23?/m0/s1. The molecular weight excluding hydrogens is 400 g/mol. The summed E-state index contributed by atoms with van der Waals surface area (Å²) < 4.78 is 4.88. The van der Waals surface area contributed by atoms with Crippen molar-refractivity contribution in [3.05, 3.63) is 35.4 Å². The van der Waals surface area contributed by atoms with Gasteiger partial charge in [0.15, 0.2) is 0 Å². The Labute approximate surface area is 184 Å². The number of benzene rings is 1. The van der Waals surface area contributed by atoms with E-state index in [0.717, 1.165) is 12.0 Å². The molecule has 2 amide bonds. The van der Waals surface area contributed by atoms with Gasteiger partial charge in [0.05, 0.1) is 18.4 Å². The van der Waals surface area contributed by atoms with Crippen molar-refractivity contribution in [2.24, 2.45) is 5.92 Å². The summed E-state index contributed by atoms with van der Waals surface area (Å²) in [5, 5.41) is 2.68. The van der Waals surface area contributed by atoms with E-state index in [1.165, 1.54) is 12.5 Å². The summed E-state index contributed by atoms with van der Waals surface area (Å²) in [5.74, 6) is 0.585. The first kappa shape index (κ1) is 24.3. The molecule has 0 saturated carbocycles. The number of rotatable bonds is 9. The number of carbonyl (C=O) groups excluding carboxylic acids is 3. The number of carbonyl (C=O) groups is 3. The van der Waals surface area contributed by atoms with E-state index in [1.54, 1.807) is 23.6 Å². The summed E-state index contributed by atoms with van der Waals surface area (Å²) in [6, 6.07) is 8.05. The molecule has 0 radical (unpaired) electrons. The molecule has 1 fully saturated rings. The largest absolute Gasteiger partial charge is 0.466 e. The SMILES string of the molecule is CCOC(=O)CCNC(=O)[C@@H]1CSC([C@@H](C)c2ccc(CC(C)C)cc2)N1C(C)=O. The number of ether oxygens (including phenoxy) is 1. The van der Waals surface area contributed by atoms with Crippen LogP contribution in [0, 0.1) is 5.92 Å². The van der Waals surface area contributed by atoms with Crippen LogP contribution in [0.1, 0.15) is 58.1 Å². The van der Waals surface area contributed by atoms with Gasteiger partial charge in [0, 0.05) is 25.1 Å². The Bertz CT molecular complexity index is 735. The number of thioether (sulfide) groups is 1. The van der Waals surface area contributed by atoms with Gasteiger partial charge >= 0.3 is 5.97 Å². The molecule has 1 N–H and O–H groups in total. The van der Waals surface area contributed by atoms with Crippen molar-refractivity contribution in [2.75, 3.05) is 18.9 Å². The first-order valence-electron chi connectivity index (χ1n) is 10.7. The maximum Gasteiger partial charge on any atom is 0.307 e. The third kappa shape index (κ3) is 6.49. The smallest absolute Gasteiger partial charge is 0.307 e. The average molecular weight is 435 g/mol. The van der Waals surface area contributed by atoms with Crippen LogP contribution in [0.25, 0.3) is 0 Å². The lowest BCUT2D eigenvalue weighted by Gasteiger charge is -2.31. The topological polar surface area (TPSA) is 75.7 Å². The van der Waals surface area contributed by atoms with Crippen molar-refractivity contribution >= 4 is 29.5 Å². The molecule has 1 saturated heterocycles.